The lowest BCUT2D eigenvalue weighted by Gasteiger charge is -2.18. The van der Waals surface area contributed by atoms with Crippen molar-refractivity contribution in [1.29, 1.82) is 0 Å². The van der Waals surface area contributed by atoms with Crippen LogP contribution in [0, 0.1) is 12.3 Å². The number of hydrogen-bond donors (Lipinski definition) is 0. The molecule has 2 aromatic rings. The van der Waals surface area contributed by atoms with Crippen LogP contribution in [0.5, 0.6) is 0 Å². The maximum atomic E-state index is 5.79. The molecule has 1 nitrogen and oxygen atoms in total. The van der Waals surface area contributed by atoms with Gasteiger partial charge in [0.1, 0.15) is 0 Å². The van der Waals surface area contributed by atoms with E-state index in [1.807, 2.05) is 0 Å². The van der Waals surface area contributed by atoms with Crippen molar-refractivity contribution in [2.24, 2.45) is 5.41 Å². The minimum Gasteiger partial charge on any atom is -0.372 e. The Morgan fingerprint density at radius 3 is 1.62 bits per heavy atom. The molecule has 0 N–H and O–H groups in total. The maximum Gasteiger partial charge on any atom is 0.0721 e. The molecule has 21 heavy (non-hydrogen) atoms. The standard InChI is InChI=1S/C20H26O/c1-16-5-7-18(8-6-16)14-21-15-19-11-9-17(10-12-19)13-20(2,3)4/h5-12H,13-15H2,1-4H3. The van der Waals surface area contributed by atoms with Gasteiger partial charge in [-0.3, -0.25) is 0 Å². The van der Waals surface area contributed by atoms with E-state index < -0.39 is 0 Å². The lowest BCUT2D eigenvalue weighted by atomic mass is 9.88. The predicted molar refractivity (Wildman–Crippen MR) is 89.3 cm³/mol. The van der Waals surface area contributed by atoms with Gasteiger partial charge in [0.15, 0.2) is 0 Å². The van der Waals surface area contributed by atoms with Gasteiger partial charge in [0.05, 0.1) is 13.2 Å². The van der Waals surface area contributed by atoms with Crippen molar-refractivity contribution in [3.8, 4) is 0 Å². The normalized spacial score (nSPS) is 11.6. The third kappa shape index (κ3) is 5.73. The Hall–Kier alpha value is -1.60. The molecule has 0 radical (unpaired) electrons. The first-order valence-electron chi connectivity index (χ1n) is 7.63. The number of aryl methyl sites for hydroxylation is 1. The zero-order valence-electron chi connectivity index (χ0n) is 13.6. The van der Waals surface area contributed by atoms with Crippen molar-refractivity contribution in [2.45, 2.75) is 47.3 Å². The van der Waals surface area contributed by atoms with Crippen molar-refractivity contribution in [3.63, 3.8) is 0 Å². The quantitative estimate of drug-likeness (QED) is 0.723. The summed E-state index contributed by atoms with van der Waals surface area (Å²) in [6.07, 6.45) is 1.11. The third-order valence-electron chi connectivity index (χ3n) is 3.42. The number of hydrogen-bond acceptors (Lipinski definition) is 1. The molecule has 0 bridgehead atoms. The van der Waals surface area contributed by atoms with Gasteiger partial charge in [-0.2, -0.15) is 0 Å². The molecule has 0 saturated heterocycles. The smallest absolute Gasteiger partial charge is 0.0721 e. The molecule has 0 aliphatic carbocycles. The second kappa shape index (κ2) is 6.91. The molecule has 0 atom stereocenters. The molecule has 0 unspecified atom stereocenters. The van der Waals surface area contributed by atoms with Gasteiger partial charge in [0, 0.05) is 0 Å². The van der Waals surface area contributed by atoms with E-state index in [-0.39, 0.29) is 0 Å². The fourth-order valence-corrected chi connectivity index (χ4v) is 2.34. The lowest BCUT2D eigenvalue weighted by molar-refractivity contribution is 0.107. The van der Waals surface area contributed by atoms with Crippen molar-refractivity contribution in [3.05, 3.63) is 70.8 Å². The Bertz CT molecular complexity index is 544. The summed E-state index contributed by atoms with van der Waals surface area (Å²) >= 11 is 0. The fraction of sp³-hybridized carbons (Fsp3) is 0.400. The first-order valence-corrected chi connectivity index (χ1v) is 7.63. The van der Waals surface area contributed by atoms with Gasteiger partial charge in [-0.15, -0.1) is 0 Å². The Kier molecular flexibility index (Phi) is 5.19. The molecule has 0 aromatic heterocycles. The largest absolute Gasteiger partial charge is 0.372 e. The SMILES string of the molecule is Cc1ccc(COCc2ccc(CC(C)(C)C)cc2)cc1. The van der Waals surface area contributed by atoms with E-state index in [0.717, 1.165) is 6.42 Å². The predicted octanol–water partition coefficient (Wildman–Crippen LogP) is 5.30. The van der Waals surface area contributed by atoms with Crippen LogP contribution in [0.25, 0.3) is 0 Å². The molecule has 0 saturated carbocycles. The van der Waals surface area contributed by atoms with Crippen LogP contribution in [0.2, 0.25) is 0 Å². The van der Waals surface area contributed by atoms with Crippen LogP contribution in [0.15, 0.2) is 48.5 Å². The zero-order valence-corrected chi connectivity index (χ0v) is 13.6. The molecule has 0 spiro atoms. The highest BCUT2D eigenvalue weighted by molar-refractivity contribution is 5.23. The van der Waals surface area contributed by atoms with E-state index in [0.29, 0.717) is 18.6 Å². The maximum absolute atomic E-state index is 5.79. The van der Waals surface area contributed by atoms with Gasteiger partial charge in [0.2, 0.25) is 0 Å². The third-order valence-corrected chi connectivity index (χ3v) is 3.42. The van der Waals surface area contributed by atoms with E-state index >= 15 is 0 Å². The highest BCUT2D eigenvalue weighted by Gasteiger charge is 2.10. The van der Waals surface area contributed by atoms with E-state index in [4.69, 9.17) is 4.74 Å². The van der Waals surface area contributed by atoms with Crippen LogP contribution in [0.4, 0.5) is 0 Å². The molecular formula is C20H26O. The summed E-state index contributed by atoms with van der Waals surface area (Å²) in [7, 11) is 0. The average molecular weight is 282 g/mol. The van der Waals surface area contributed by atoms with E-state index in [1.54, 1.807) is 0 Å². The van der Waals surface area contributed by atoms with Gasteiger partial charge < -0.3 is 4.74 Å². The van der Waals surface area contributed by atoms with E-state index in [1.165, 1.54) is 22.3 Å². The second-order valence-corrected chi connectivity index (χ2v) is 7.03. The molecule has 112 valence electrons. The molecule has 0 fully saturated rings. The minimum absolute atomic E-state index is 0.337. The van der Waals surface area contributed by atoms with Gasteiger partial charge in [0.25, 0.3) is 0 Å². The Balaban J connectivity index is 1.82. The van der Waals surface area contributed by atoms with E-state index in [9.17, 15) is 0 Å². The molecule has 1 heteroatoms. The summed E-state index contributed by atoms with van der Waals surface area (Å²) < 4.78 is 5.79. The average Bonchev–Trinajstić information content (AvgIpc) is 2.41. The number of rotatable bonds is 5. The highest BCUT2D eigenvalue weighted by atomic mass is 16.5. The van der Waals surface area contributed by atoms with Crippen LogP contribution in [-0.2, 0) is 24.4 Å². The number of benzene rings is 2. The summed E-state index contributed by atoms with van der Waals surface area (Å²) in [5.41, 5.74) is 5.48. The molecule has 0 aliphatic rings. The van der Waals surface area contributed by atoms with Gasteiger partial charge in [-0.1, -0.05) is 74.9 Å². The fourth-order valence-electron chi connectivity index (χ4n) is 2.34. The van der Waals surface area contributed by atoms with Crippen molar-refractivity contribution < 1.29 is 4.74 Å². The molecule has 2 aromatic carbocycles. The summed E-state index contributed by atoms with van der Waals surface area (Å²) in [4.78, 5) is 0. The van der Waals surface area contributed by atoms with Crippen LogP contribution in [-0.4, -0.2) is 0 Å². The minimum atomic E-state index is 0.337. The first kappa shape index (κ1) is 15.8. The zero-order chi connectivity index (χ0) is 15.3. The van der Waals surface area contributed by atoms with Crippen LogP contribution in [0.3, 0.4) is 0 Å². The van der Waals surface area contributed by atoms with Crippen molar-refractivity contribution in [2.75, 3.05) is 0 Å². The molecular weight excluding hydrogens is 256 g/mol. The van der Waals surface area contributed by atoms with Crippen molar-refractivity contribution >= 4 is 0 Å². The topological polar surface area (TPSA) is 9.23 Å². The van der Waals surface area contributed by atoms with Gasteiger partial charge in [-0.25, -0.2) is 0 Å². The monoisotopic (exact) mass is 282 g/mol. The van der Waals surface area contributed by atoms with Crippen LogP contribution in [0.1, 0.15) is 43.0 Å². The lowest BCUT2D eigenvalue weighted by Crippen LogP contribution is -2.09. The van der Waals surface area contributed by atoms with Gasteiger partial charge in [-0.05, 0) is 35.4 Å². The molecule has 0 amide bonds. The summed E-state index contributed by atoms with van der Waals surface area (Å²) in [6, 6.07) is 17.3. The number of ether oxygens (including phenoxy) is 1. The van der Waals surface area contributed by atoms with Crippen LogP contribution >= 0.6 is 0 Å². The van der Waals surface area contributed by atoms with Crippen molar-refractivity contribution in [1.82, 2.24) is 0 Å². The Morgan fingerprint density at radius 1 is 0.714 bits per heavy atom. The van der Waals surface area contributed by atoms with Gasteiger partial charge >= 0.3 is 0 Å². The molecule has 0 heterocycles. The summed E-state index contributed by atoms with van der Waals surface area (Å²) in [6.45, 7) is 10.3. The Labute approximate surface area is 129 Å². The highest BCUT2D eigenvalue weighted by Crippen LogP contribution is 2.20. The van der Waals surface area contributed by atoms with Crippen LogP contribution < -0.4 is 0 Å². The summed E-state index contributed by atoms with van der Waals surface area (Å²) in [5, 5.41) is 0. The van der Waals surface area contributed by atoms with E-state index in [2.05, 4.69) is 76.2 Å². The Morgan fingerprint density at radius 2 is 1.14 bits per heavy atom. The second-order valence-electron chi connectivity index (χ2n) is 7.03. The first-order chi connectivity index (χ1) is 9.92. The molecule has 0 aliphatic heterocycles. The summed E-state index contributed by atoms with van der Waals surface area (Å²) in [5.74, 6) is 0. The molecule has 2 rings (SSSR count).